The first-order valence-corrected chi connectivity index (χ1v) is 7.37. The Morgan fingerprint density at radius 3 is 2.25 bits per heavy atom. The zero-order valence-electron chi connectivity index (χ0n) is 6.89. The molecule has 1 rings (SSSR count). The molecule has 0 N–H and O–H groups in total. The zero-order chi connectivity index (χ0) is 9.24. The van der Waals surface area contributed by atoms with Gasteiger partial charge < -0.3 is 0 Å². The molecular weight excluding hydrogens is 198 g/mol. The van der Waals surface area contributed by atoms with E-state index in [9.17, 15) is 12.6 Å². The van der Waals surface area contributed by atoms with E-state index >= 15 is 0 Å². The molecule has 0 saturated carbocycles. The van der Waals surface area contributed by atoms with Crippen molar-refractivity contribution in [3.63, 3.8) is 0 Å². The van der Waals surface area contributed by atoms with Crippen molar-refractivity contribution in [3.05, 3.63) is 6.42 Å². The van der Waals surface area contributed by atoms with Gasteiger partial charge >= 0.3 is 0 Å². The molecular formula is C6H12NO3S2. The third kappa shape index (κ3) is 3.10. The maximum Gasteiger partial charge on any atom is 0.257 e. The summed E-state index contributed by atoms with van der Waals surface area (Å²) in [5.41, 5.74) is 0. The molecule has 0 bridgehead atoms. The molecule has 71 valence electrons. The molecule has 6 heteroatoms. The van der Waals surface area contributed by atoms with Crippen LogP contribution >= 0.6 is 0 Å². The minimum Gasteiger partial charge on any atom is -0.249 e. The maximum atomic E-state index is 11.7. The van der Waals surface area contributed by atoms with Crippen LogP contribution in [0.15, 0.2) is 3.77 Å². The second kappa shape index (κ2) is 3.33. The Kier molecular flexibility index (Phi) is 2.77. The molecule has 0 spiro atoms. The molecule has 1 radical (unpaired) electrons. The van der Waals surface area contributed by atoms with Gasteiger partial charge in [-0.15, -0.1) is 3.77 Å². The van der Waals surface area contributed by atoms with Crippen LogP contribution < -0.4 is 0 Å². The fourth-order valence-electron chi connectivity index (χ4n) is 1.10. The summed E-state index contributed by atoms with van der Waals surface area (Å²) in [5.74, 6) is 0.778. The number of hydrogen-bond acceptors (Lipinski definition) is 3. The lowest BCUT2D eigenvalue weighted by Gasteiger charge is -2.13. The van der Waals surface area contributed by atoms with Crippen molar-refractivity contribution in [1.82, 2.24) is 0 Å². The van der Waals surface area contributed by atoms with Crippen LogP contribution in [0.1, 0.15) is 12.8 Å². The predicted molar refractivity (Wildman–Crippen MR) is 48.7 cm³/mol. The number of nitrogens with zero attached hydrogens (tertiary/aromatic N) is 1. The van der Waals surface area contributed by atoms with Crippen LogP contribution in [0.25, 0.3) is 0 Å². The molecule has 12 heavy (non-hydrogen) atoms. The zero-order valence-corrected chi connectivity index (χ0v) is 8.53. The van der Waals surface area contributed by atoms with Gasteiger partial charge in [-0.25, -0.2) is 12.6 Å². The summed E-state index contributed by atoms with van der Waals surface area (Å²) in [7, 11) is -5.89. The Morgan fingerprint density at radius 1 is 1.33 bits per heavy atom. The maximum absolute atomic E-state index is 11.7. The third-order valence-corrected chi connectivity index (χ3v) is 5.47. The molecule has 4 nitrogen and oxygen atoms in total. The normalized spacial score (nSPS) is 23.4. The number of sulfonamides is 1. The summed E-state index contributed by atoms with van der Waals surface area (Å²) in [6.45, 7) is 0. The van der Waals surface area contributed by atoms with Crippen LogP contribution in [0, 0.1) is 6.42 Å². The van der Waals surface area contributed by atoms with E-state index in [2.05, 4.69) is 3.77 Å². The molecule has 0 amide bonds. The van der Waals surface area contributed by atoms with Crippen molar-refractivity contribution in [1.29, 1.82) is 0 Å². The van der Waals surface area contributed by atoms with Gasteiger partial charge in [-0.2, -0.15) is 0 Å². The minimum atomic E-state index is -3.45. The first-order valence-electron chi connectivity index (χ1n) is 3.67. The summed E-state index contributed by atoms with van der Waals surface area (Å²) in [4.78, 5) is 0. The average molecular weight is 210 g/mol. The van der Waals surface area contributed by atoms with E-state index in [0.29, 0.717) is 24.3 Å². The fourth-order valence-corrected chi connectivity index (χ4v) is 4.95. The summed E-state index contributed by atoms with van der Waals surface area (Å²) in [6.07, 6.45) is 4.41. The van der Waals surface area contributed by atoms with Gasteiger partial charge in [0.2, 0.25) is 0 Å². The average Bonchev–Trinajstić information content (AvgIpc) is 1.83. The van der Waals surface area contributed by atoms with Crippen molar-refractivity contribution >= 4 is 19.8 Å². The Labute approximate surface area is 73.6 Å². The SMILES string of the molecule is CS(=O)(=O)N=S1(=O)CC[CH]CC1. The molecule has 1 saturated heterocycles. The molecule has 0 aromatic heterocycles. The van der Waals surface area contributed by atoms with Crippen LogP contribution in [0.3, 0.4) is 0 Å². The first-order chi connectivity index (χ1) is 5.41. The number of hydrogen-bond donors (Lipinski definition) is 0. The summed E-state index contributed by atoms with van der Waals surface area (Å²) >= 11 is 0. The van der Waals surface area contributed by atoms with Gasteiger partial charge in [0.25, 0.3) is 10.0 Å². The smallest absolute Gasteiger partial charge is 0.249 e. The van der Waals surface area contributed by atoms with Gasteiger partial charge in [0.1, 0.15) is 0 Å². The molecule has 0 unspecified atom stereocenters. The van der Waals surface area contributed by atoms with Gasteiger partial charge in [0, 0.05) is 11.5 Å². The van der Waals surface area contributed by atoms with E-state index < -0.39 is 19.8 Å². The first kappa shape index (κ1) is 9.98. The van der Waals surface area contributed by atoms with E-state index in [0.717, 1.165) is 6.26 Å². The highest BCUT2D eigenvalue weighted by Crippen LogP contribution is 2.13. The summed E-state index contributed by atoms with van der Waals surface area (Å²) in [5, 5.41) is 0. The molecule has 1 fully saturated rings. The quantitative estimate of drug-likeness (QED) is 0.629. The topological polar surface area (TPSA) is 63.6 Å². The molecule has 0 aromatic rings. The lowest BCUT2D eigenvalue weighted by atomic mass is 10.3. The van der Waals surface area contributed by atoms with Crippen molar-refractivity contribution in [2.24, 2.45) is 3.77 Å². The van der Waals surface area contributed by atoms with Crippen LogP contribution in [0.4, 0.5) is 0 Å². The Morgan fingerprint density at radius 2 is 1.83 bits per heavy atom. The Hall–Kier alpha value is -0.100. The van der Waals surface area contributed by atoms with Crippen LogP contribution in [-0.4, -0.2) is 30.4 Å². The van der Waals surface area contributed by atoms with Gasteiger partial charge in [-0.3, -0.25) is 0 Å². The Balaban J connectivity index is 2.99. The molecule has 1 heterocycles. The van der Waals surface area contributed by atoms with E-state index in [1.807, 2.05) is 6.42 Å². The lowest BCUT2D eigenvalue weighted by Crippen LogP contribution is -2.18. The molecule has 0 aliphatic carbocycles. The third-order valence-electron chi connectivity index (χ3n) is 1.55. The standard InChI is InChI=1S/C6H12NO3S2/c1-11(8,9)7-12(10)5-3-2-4-6-12/h2H,3-6H2,1H3. The highest BCUT2D eigenvalue weighted by Gasteiger charge is 2.16. The van der Waals surface area contributed by atoms with Gasteiger partial charge in [-0.05, 0) is 19.3 Å². The Bertz CT molecular complexity index is 350. The summed E-state index contributed by atoms with van der Waals surface area (Å²) in [6, 6.07) is 0. The molecule has 1 aliphatic rings. The predicted octanol–water partition coefficient (Wildman–Crippen LogP) is 0.412. The molecule has 0 atom stereocenters. The van der Waals surface area contributed by atoms with Crippen LogP contribution in [0.2, 0.25) is 0 Å². The van der Waals surface area contributed by atoms with Gasteiger partial charge in [0.05, 0.1) is 16.0 Å². The highest BCUT2D eigenvalue weighted by molar-refractivity contribution is 8.03. The minimum absolute atomic E-state index is 0.389. The van der Waals surface area contributed by atoms with E-state index in [-0.39, 0.29) is 0 Å². The van der Waals surface area contributed by atoms with Gasteiger partial charge in [0.15, 0.2) is 0 Å². The monoisotopic (exact) mass is 210 g/mol. The lowest BCUT2D eigenvalue weighted by molar-refractivity contribution is 0.603. The van der Waals surface area contributed by atoms with Gasteiger partial charge in [-0.1, -0.05) is 0 Å². The summed E-state index contributed by atoms with van der Waals surface area (Å²) < 4.78 is 36.5. The van der Waals surface area contributed by atoms with E-state index in [1.165, 1.54) is 0 Å². The van der Waals surface area contributed by atoms with Crippen molar-refractivity contribution in [2.75, 3.05) is 17.8 Å². The largest absolute Gasteiger partial charge is 0.257 e. The molecule has 0 aromatic carbocycles. The second-order valence-corrected chi connectivity index (χ2v) is 7.28. The second-order valence-electron chi connectivity index (χ2n) is 2.85. The van der Waals surface area contributed by atoms with Crippen LogP contribution in [-0.2, 0) is 19.8 Å². The van der Waals surface area contributed by atoms with E-state index in [4.69, 9.17) is 0 Å². The highest BCUT2D eigenvalue weighted by atomic mass is 32.3. The van der Waals surface area contributed by atoms with Crippen molar-refractivity contribution < 1.29 is 12.6 Å². The van der Waals surface area contributed by atoms with E-state index in [1.54, 1.807) is 0 Å². The van der Waals surface area contributed by atoms with Crippen LogP contribution in [0.5, 0.6) is 0 Å². The number of rotatable bonds is 1. The molecule has 1 aliphatic heterocycles. The van der Waals surface area contributed by atoms with Crippen molar-refractivity contribution in [3.8, 4) is 0 Å². The fraction of sp³-hybridized carbons (Fsp3) is 0.833. The van der Waals surface area contributed by atoms with Crippen molar-refractivity contribution in [2.45, 2.75) is 12.8 Å².